The molecule has 0 aromatic heterocycles. The fourth-order valence-corrected chi connectivity index (χ4v) is 1.56. The van der Waals surface area contributed by atoms with Crippen molar-refractivity contribution in [3.05, 3.63) is 59.4 Å². The molecule has 0 radical (unpaired) electrons. The van der Waals surface area contributed by atoms with E-state index < -0.39 is 5.82 Å². The quantitative estimate of drug-likeness (QED) is 0.842. The van der Waals surface area contributed by atoms with Crippen molar-refractivity contribution in [3.8, 4) is 11.8 Å². The molecule has 18 heavy (non-hydrogen) atoms. The van der Waals surface area contributed by atoms with Crippen LogP contribution in [0.2, 0.25) is 0 Å². The van der Waals surface area contributed by atoms with Gasteiger partial charge in [-0.2, -0.15) is 5.26 Å². The van der Waals surface area contributed by atoms with Gasteiger partial charge in [0.05, 0.1) is 17.3 Å². The summed E-state index contributed by atoms with van der Waals surface area (Å²) < 4.78 is 18.8. The number of ether oxygens (including phenoxy) is 1. The Kier molecular flexibility index (Phi) is 3.44. The summed E-state index contributed by atoms with van der Waals surface area (Å²) in [5, 5.41) is 8.76. The Bertz CT molecular complexity index is 585. The van der Waals surface area contributed by atoms with Gasteiger partial charge in [-0.25, -0.2) is 4.39 Å². The summed E-state index contributed by atoms with van der Waals surface area (Å²) in [6.45, 7) is 0.167. The van der Waals surface area contributed by atoms with Crippen LogP contribution in [-0.4, -0.2) is 0 Å². The molecule has 0 saturated carbocycles. The molecule has 0 atom stereocenters. The van der Waals surface area contributed by atoms with Crippen molar-refractivity contribution in [1.29, 1.82) is 5.26 Å². The first-order valence-corrected chi connectivity index (χ1v) is 5.36. The molecule has 2 rings (SSSR count). The summed E-state index contributed by atoms with van der Waals surface area (Å²) in [5.41, 5.74) is 7.21. The summed E-state index contributed by atoms with van der Waals surface area (Å²) in [6.07, 6.45) is 0. The monoisotopic (exact) mass is 242 g/mol. The van der Waals surface area contributed by atoms with E-state index in [9.17, 15) is 4.39 Å². The number of nitrogens with zero attached hydrogens (tertiary/aromatic N) is 1. The molecule has 3 nitrogen and oxygen atoms in total. The maximum absolute atomic E-state index is 13.4. The number of anilines is 1. The van der Waals surface area contributed by atoms with E-state index in [0.29, 0.717) is 5.56 Å². The lowest BCUT2D eigenvalue weighted by Gasteiger charge is -2.09. The molecule has 0 aliphatic carbocycles. The number of nitriles is 1. The first kappa shape index (κ1) is 11.9. The van der Waals surface area contributed by atoms with Crippen LogP contribution < -0.4 is 10.5 Å². The van der Waals surface area contributed by atoms with Crippen LogP contribution in [0.15, 0.2) is 42.5 Å². The summed E-state index contributed by atoms with van der Waals surface area (Å²) in [7, 11) is 0. The molecule has 0 saturated heterocycles. The van der Waals surface area contributed by atoms with E-state index in [1.165, 1.54) is 12.1 Å². The van der Waals surface area contributed by atoms with Gasteiger partial charge in [0, 0.05) is 0 Å². The number of nitrogen functional groups attached to an aromatic ring is 1. The van der Waals surface area contributed by atoms with Crippen LogP contribution in [0.25, 0.3) is 0 Å². The van der Waals surface area contributed by atoms with Crippen molar-refractivity contribution in [2.45, 2.75) is 6.61 Å². The molecule has 90 valence electrons. The van der Waals surface area contributed by atoms with E-state index in [1.54, 1.807) is 30.3 Å². The van der Waals surface area contributed by atoms with E-state index in [-0.39, 0.29) is 18.0 Å². The van der Waals surface area contributed by atoms with Crippen LogP contribution in [0, 0.1) is 17.1 Å². The largest absolute Gasteiger partial charge is 0.484 e. The third-order valence-corrected chi connectivity index (χ3v) is 2.44. The zero-order chi connectivity index (χ0) is 13.0. The number of rotatable bonds is 3. The number of hydrogen-bond donors (Lipinski definition) is 1. The van der Waals surface area contributed by atoms with Crippen LogP contribution >= 0.6 is 0 Å². The highest BCUT2D eigenvalue weighted by Crippen LogP contribution is 2.25. The van der Waals surface area contributed by atoms with Gasteiger partial charge in [0.1, 0.15) is 6.61 Å². The molecule has 0 aliphatic rings. The predicted molar refractivity (Wildman–Crippen MR) is 66.3 cm³/mol. The molecule has 2 aromatic rings. The summed E-state index contributed by atoms with van der Waals surface area (Å²) in [5.74, 6) is -0.453. The topological polar surface area (TPSA) is 59.0 Å². The Labute approximate surface area is 104 Å². The zero-order valence-corrected chi connectivity index (χ0v) is 9.56. The third-order valence-electron chi connectivity index (χ3n) is 2.44. The molecular weight excluding hydrogens is 231 g/mol. The van der Waals surface area contributed by atoms with Crippen LogP contribution in [0.5, 0.6) is 5.75 Å². The highest BCUT2D eigenvalue weighted by molar-refractivity contribution is 5.52. The average Bonchev–Trinajstić information content (AvgIpc) is 2.38. The maximum atomic E-state index is 13.4. The summed E-state index contributed by atoms with van der Waals surface area (Å²) >= 11 is 0. The standard InChI is InChI=1S/C14H11FN2O/c15-12-5-2-6-13(17)14(12)18-9-11-4-1-3-10(7-11)8-16/h1-7H,9,17H2. The number of benzene rings is 2. The summed E-state index contributed by atoms with van der Waals surface area (Å²) in [4.78, 5) is 0. The smallest absolute Gasteiger partial charge is 0.178 e. The van der Waals surface area contributed by atoms with Gasteiger partial charge < -0.3 is 10.5 Å². The number of halogens is 1. The lowest BCUT2D eigenvalue weighted by molar-refractivity contribution is 0.292. The first-order chi connectivity index (χ1) is 8.70. The van der Waals surface area contributed by atoms with Crippen LogP contribution in [0.1, 0.15) is 11.1 Å². The van der Waals surface area contributed by atoms with Crippen molar-refractivity contribution in [2.24, 2.45) is 0 Å². The van der Waals surface area contributed by atoms with E-state index >= 15 is 0 Å². The predicted octanol–water partition coefficient (Wildman–Crippen LogP) is 2.86. The molecule has 0 amide bonds. The molecule has 0 aliphatic heterocycles. The van der Waals surface area contributed by atoms with Gasteiger partial charge in [-0.1, -0.05) is 18.2 Å². The van der Waals surface area contributed by atoms with Crippen molar-refractivity contribution in [1.82, 2.24) is 0 Å². The molecule has 2 aromatic carbocycles. The molecule has 0 heterocycles. The maximum Gasteiger partial charge on any atom is 0.178 e. The van der Waals surface area contributed by atoms with Crippen LogP contribution in [0.3, 0.4) is 0 Å². The van der Waals surface area contributed by atoms with Gasteiger partial charge >= 0.3 is 0 Å². The van der Waals surface area contributed by atoms with Crippen molar-refractivity contribution in [3.63, 3.8) is 0 Å². The normalized spacial score (nSPS) is 9.78. The van der Waals surface area contributed by atoms with Gasteiger partial charge in [-0.3, -0.25) is 0 Å². The minimum absolute atomic E-state index is 0.0415. The Morgan fingerprint density at radius 2 is 2.00 bits per heavy atom. The van der Waals surface area contributed by atoms with Crippen LogP contribution in [0.4, 0.5) is 10.1 Å². The second kappa shape index (κ2) is 5.19. The summed E-state index contributed by atoms with van der Waals surface area (Å²) in [6, 6.07) is 13.4. The fraction of sp³-hybridized carbons (Fsp3) is 0.0714. The molecule has 0 unspecified atom stereocenters. The number of hydrogen-bond acceptors (Lipinski definition) is 3. The highest BCUT2D eigenvalue weighted by Gasteiger charge is 2.07. The fourth-order valence-electron chi connectivity index (χ4n) is 1.56. The van der Waals surface area contributed by atoms with Gasteiger partial charge in [-0.15, -0.1) is 0 Å². The molecule has 4 heteroatoms. The molecule has 0 spiro atoms. The molecule has 2 N–H and O–H groups in total. The average molecular weight is 242 g/mol. The van der Waals surface area contributed by atoms with Crippen molar-refractivity contribution < 1.29 is 9.13 Å². The third kappa shape index (κ3) is 2.58. The number of para-hydroxylation sites is 1. The molecule has 0 bridgehead atoms. The molecule has 0 fully saturated rings. The Morgan fingerprint density at radius 1 is 1.22 bits per heavy atom. The lowest BCUT2D eigenvalue weighted by Crippen LogP contribution is -2.01. The minimum Gasteiger partial charge on any atom is -0.484 e. The van der Waals surface area contributed by atoms with E-state index in [1.807, 2.05) is 6.07 Å². The highest BCUT2D eigenvalue weighted by atomic mass is 19.1. The SMILES string of the molecule is N#Cc1cccc(COc2c(N)cccc2F)c1. The van der Waals surface area contributed by atoms with Crippen molar-refractivity contribution >= 4 is 5.69 Å². The number of nitrogens with two attached hydrogens (primary N) is 1. The second-order valence-electron chi connectivity index (χ2n) is 3.76. The van der Waals surface area contributed by atoms with E-state index in [2.05, 4.69) is 0 Å². The van der Waals surface area contributed by atoms with E-state index in [4.69, 9.17) is 15.7 Å². The zero-order valence-electron chi connectivity index (χ0n) is 9.56. The first-order valence-electron chi connectivity index (χ1n) is 5.36. The van der Waals surface area contributed by atoms with Crippen molar-refractivity contribution in [2.75, 3.05) is 5.73 Å². The molecular formula is C14H11FN2O. The Hall–Kier alpha value is -2.54. The van der Waals surface area contributed by atoms with Gasteiger partial charge in [0.15, 0.2) is 11.6 Å². The van der Waals surface area contributed by atoms with Gasteiger partial charge in [-0.05, 0) is 29.8 Å². The Morgan fingerprint density at radius 3 is 2.72 bits per heavy atom. The minimum atomic E-state index is -0.494. The van der Waals surface area contributed by atoms with Gasteiger partial charge in [0.25, 0.3) is 0 Å². The van der Waals surface area contributed by atoms with Gasteiger partial charge in [0.2, 0.25) is 0 Å². The second-order valence-corrected chi connectivity index (χ2v) is 3.76. The Balaban J connectivity index is 2.14. The lowest BCUT2D eigenvalue weighted by atomic mass is 10.1. The van der Waals surface area contributed by atoms with Crippen LogP contribution in [-0.2, 0) is 6.61 Å². The van der Waals surface area contributed by atoms with E-state index in [0.717, 1.165) is 5.56 Å².